The number of likely N-dealkylation sites (tertiary alicyclic amines) is 1. The third kappa shape index (κ3) is 2.06. The molecule has 0 aromatic rings. The average Bonchev–Trinajstić information content (AvgIpc) is 2.78. The van der Waals surface area contributed by atoms with Gasteiger partial charge in [0.1, 0.15) is 5.78 Å². The zero-order chi connectivity index (χ0) is 16.0. The Morgan fingerprint density at radius 3 is 2.36 bits per heavy atom. The van der Waals surface area contributed by atoms with Crippen LogP contribution in [0.5, 0.6) is 0 Å². The molecule has 0 unspecified atom stereocenters. The van der Waals surface area contributed by atoms with Gasteiger partial charge in [0, 0.05) is 24.9 Å². The second-order valence-corrected chi connectivity index (χ2v) is 8.30. The van der Waals surface area contributed by atoms with Gasteiger partial charge in [-0.25, -0.2) is 0 Å². The number of piperidine rings is 1. The van der Waals surface area contributed by atoms with Gasteiger partial charge in [0.15, 0.2) is 0 Å². The number of Topliss-reactive ketones (excluding diaryl/α,β-unsaturated/α-hetero) is 1. The van der Waals surface area contributed by atoms with E-state index in [1.807, 2.05) is 0 Å². The molecule has 4 heteroatoms. The first kappa shape index (κ1) is 16.0. The summed E-state index contributed by atoms with van der Waals surface area (Å²) in [4.78, 5) is 27.7. The third-order valence-electron chi connectivity index (χ3n) is 7.30. The molecule has 2 bridgehead atoms. The number of hydrogen-bond acceptors (Lipinski definition) is 3. The minimum atomic E-state index is -0.471. The van der Waals surface area contributed by atoms with Gasteiger partial charge in [0.25, 0.3) is 0 Å². The molecule has 22 heavy (non-hydrogen) atoms. The quantitative estimate of drug-likeness (QED) is 0.867. The summed E-state index contributed by atoms with van der Waals surface area (Å²) in [6.45, 7) is 10.3. The summed E-state index contributed by atoms with van der Waals surface area (Å²) in [5.74, 6) is 0.402. The lowest BCUT2D eigenvalue weighted by molar-refractivity contribution is -0.136. The highest BCUT2D eigenvalue weighted by atomic mass is 16.2. The normalized spacial score (nSPS) is 37.5. The van der Waals surface area contributed by atoms with E-state index in [4.69, 9.17) is 0 Å². The molecule has 1 amide bonds. The van der Waals surface area contributed by atoms with Gasteiger partial charge in [-0.1, -0.05) is 27.2 Å². The summed E-state index contributed by atoms with van der Waals surface area (Å²) >= 11 is 0. The number of carbonyl (C=O) groups is 2. The van der Waals surface area contributed by atoms with Gasteiger partial charge in [-0.05, 0) is 44.2 Å². The number of fused-ring (bicyclic) bond motifs is 2. The second kappa shape index (κ2) is 5.33. The zero-order valence-corrected chi connectivity index (χ0v) is 14.3. The number of nitrogens with one attached hydrogen (secondary N) is 1. The van der Waals surface area contributed by atoms with Gasteiger partial charge >= 0.3 is 0 Å². The van der Waals surface area contributed by atoms with Crippen molar-refractivity contribution in [2.24, 2.45) is 16.2 Å². The van der Waals surface area contributed by atoms with Crippen molar-refractivity contribution in [3.8, 4) is 0 Å². The lowest BCUT2D eigenvalue weighted by Crippen LogP contribution is -2.48. The van der Waals surface area contributed by atoms with Crippen LogP contribution >= 0.6 is 0 Å². The van der Waals surface area contributed by atoms with E-state index in [1.54, 1.807) is 0 Å². The first-order chi connectivity index (χ1) is 10.3. The molecule has 1 N–H and O–H groups in total. The summed E-state index contributed by atoms with van der Waals surface area (Å²) in [6, 6.07) is 0. The van der Waals surface area contributed by atoms with Crippen LogP contribution in [-0.4, -0.2) is 42.8 Å². The van der Waals surface area contributed by atoms with Crippen molar-refractivity contribution in [2.45, 2.75) is 59.3 Å². The van der Waals surface area contributed by atoms with E-state index in [9.17, 15) is 9.59 Å². The lowest BCUT2D eigenvalue weighted by Gasteiger charge is -2.38. The predicted molar refractivity (Wildman–Crippen MR) is 86.5 cm³/mol. The highest BCUT2D eigenvalue weighted by Gasteiger charge is 2.72. The van der Waals surface area contributed by atoms with Crippen LogP contribution < -0.4 is 5.32 Å². The summed E-state index contributed by atoms with van der Waals surface area (Å²) in [7, 11) is 0. The van der Waals surface area contributed by atoms with Gasteiger partial charge < -0.3 is 10.2 Å². The maximum atomic E-state index is 12.9. The van der Waals surface area contributed by atoms with Gasteiger partial charge in [-0.15, -0.1) is 0 Å². The van der Waals surface area contributed by atoms with E-state index < -0.39 is 5.41 Å². The molecule has 1 heterocycles. The lowest BCUT2D eigenvalue weighted by atomic mass is 9.64. The van der Waals surface area contributed by atoms with Crippen molar-refractivity contribution >= 4 is 11.7 Å². The molecule has 1 aliphatic heterocycles. The van der Waals surface area contributed by atoms with Crippen molar-refractivity contribution in [3.63, 3.8) is 0 Å². The van der Waals surface area contributed by atoms with Gasteiger partial charge in [0.2, 0.25) is 5.91 Å². The zero-order valence-electron chi connectivity index (χ0n) is 14.3. The van der Waals surface area contributed by atoms with E-state index in [0.717, 1.165) is 32.5 Å². The fourth-order valence-electron chi connectivity index (χ4n) is 5.04. The molecule has 0 radical (unpaired) electrons. The SMILES string of the molecule is CC1(C)[C@@]2(C(=O)NCCN3CCCCC3)CC[C@@]1(C)C(=O)C2. The number of carbonyl (C=O) groups excluding carboxylic acids is 2. The Bertz CT molecular complexity index is 481. The standard InChI is InChI=1S/C18H30N2O2/c1-16(2)17(3)7-8-18(16,13-14(17)21)15(22)19-9-12-20-10-5-4-6-11-20/h4-13H2,1-3H3,(H,19,22)/t17-,18-/m0/s1. The van der Waals surface area contributed by atoms with Crippen LogP contribution in [0.1, 0.15) is 59.3 Å². The van der Waals surface area contributed by atoms with Crippen LogP contribution in [0.25, 0.3) is 0 Å². The van der Waals surface area contributed by atoms with E-state index in [1.165, 1.54) is 19.3 Å². The first-order valence-corrected chi connectivity index (χ1v) is 8.87. The van der Waals surface area contributed by atoms with Crippen LogP contribution in [0.4, 0.5) is 0 Å². The molecule has 2 saturated carbocycles. The number of rotatable bonds is 4. The fourth-order valence-corrected chi connectivity index (χ4v) is 5.04. The maximum Gasteiger partial charge on any atom is 0.227 e. The smallest absolute Gasteiger partial charge is 0.227 e. The maximum absolute atomic E-state index is 12.9. The minimum absolute atomic E-state index is 0.115. The third-order valence-corrected chi connectivity index (χ3v) is 7.30. The summed E-state index contributed by atoms with van der Waals surface area (Å²) in [5.41, 5.74) is -1.01. The average molecular weight is 306 g/mol. The Balaban J connectivity index is 1.61. The summed E-state index contributed by atoms with van der Waals surface area (Å²) in [6.07, 6.45) is 6.04. The van der Waals surface area contributed by atoms with E-state index in [-0.39, 0.29) is 22.5 Å². The molecule has 3 fully saturated rings. The molecule has 0 aromatic carbocycles. The Kier molecular flexibility index (Phi) is 3.87. The van der Waals surface area contributed by atoms with Gasteiger partial charge in [-0.3, -0.25) is 9.59 Å². The monoisotopic (exact) mass is 306 g/mol. The largest absolute Gasteiger partial charge is 0.354 e. The number of amides is 1. The molecule has 0 spiro atoms. The van der Waals surface area contributed by atoms with Crippen molar-refractivity contribution in [1.82, 2.24) is 10.2 Å². The molecule has 2 aliphatic carbocycles. The molecule has 4 nitrogen and oxygen atoms in total. The topological polar surface area (TPSA) is 49.4 Å². The number of hydrogen-bond donors (Lipinski definition) is 1. The predicted octanol–water partition coefficient (Wildman–Crippen LogP) is 2.37. The first-order valence-electron chi connectivity index (χ1n) is 8.87. The molecule has 3 aliphatic rings. The Labute approximate surface area is 134 Å². The Morgan fingerprint density at radius 2 is 1.82 bits per heavy atom. The van der Waals surface area contributed by atoms with Gasteiger partial charge in [-0.2, -0.15) is 0 Å². The van der Waals surface area contributed by atoms with Crippen LogP contribution in [0, 0.1) is 16.2 Å². The molecule has 0 aromatic heterocycles. The molecule has 124 valence electrons. The van der Waals surface area contributed by atoms with Crippen molar-refractivity contribution in [1.29, 1.82) is 0 Å². The van der Waals surface area contributed by atoms with E-state index >= 15 is 0 Å². The van der Waals surface area contributed by atoms with Crippen LogP contribution in [0.2, 0.25) is 0 Å². The molecule has 1 saturated heterocycles. The summed E-state index contributed by atoms with van der Waals surface area (Å²) < 4.78 is 0. The molecular weight excluding hydrogens is 276 g/mol. The highest BCUT2D eigenvalue weighted by Crippen LogP contribution is 2.70. The summed E-state index contributed by atoms with van der Waals surface area (Å²) in [5, 5.41) is 3.15. The van der Waals surface area contributed by atoms with E-state index in [0.29, 0.717) is 13.0 Å². The fraction of sp³-hybridized carbons (Fsp3) is 0.889. The van der Waals surface area contributed by atoms with Crippen LogP contribution in [0.3, 0.4) is 0 Å². The Hall–Kier alpha value is -0.900. The second-order valence-electron chi connectivity index (χ2n) is 8.30. The van der Waals surface area contributed by atoms with Crippen molar-refractivity contribution < 1.29 is 9.59 Å². The van der Waals surface area contributed by atoms with Crippen LogP contribution in [-0.2, 0) is 9.59 Å². The number of ketones is 1. The molecule has 3 rings (SSSR count). The highest BCUT2D eigenvalue weighted by molar-refractivity contribution is 5.99. The van der Waals surface area contributed by atoms with Crippen molar-refractivity contribution in [2.75, 3.05) is 26.2 Å². The number of nitrogens with zero attached hydrogens (tertiary/aromatic N) is 1. The van der Waals surface area contributed by atoms with Gasteiger partial charge in [0.05, 0.1) is 5.41 Å². The minimum Gasteiger partial charge on any atom is -0.354 e. The van der Waals surface area contributed by atoms with Crippen molar-refractivity contribution in [3.05, 3.63) is 0 Å². The molecule has 2 atom stereocenters. The molecular formula is C18H30N2O2. The Morgan fingerprint density at radius 1 is 1.14 bits per heavy atom. The van der Waals surface area contributed by atoms with E-state index in [2.05, 4.69) is 31.0 Å². The van der Waals surface area contributed by atoms with Crippen LogP contribution in [0.15, 0.2) is 0 Å².